The Kier molecular flexibility index (Phi) is 3.86. The number of aromatic amines is 1. The molecular formula is C11H8ClN3O4S. The summed E-state index contributed by atoms with van der Waals surface area (Å²) in [7, 11) is 0. The number of hydrogen-bond acceptors (Lipinski definition) is 5. The van der Waals surface area contributed by atoms with Crippen LogP contribution in [0.5, 0.6) is 0 Å². The monoisotopic (exact) mass is 313 g/mol. The van der Waals surface area contributed by atoms with Crippen molar-refractivity contribution >= 4 is 40.2 Å². The van der Waals surface area contributed by atoms with Crippen molar-refractivity contribution in [3.63, 3.8) is 0 Å². The van der Waals surface area contributed by atoms with Crippen molar-refractivity contribution < 1.29 is 9.72 Å². The number of halogens is 1. The normalized spacial score (nSPS) is 10.3. The van der Waals surface area contributed by atoms with Crippen LogP contribution >= 0.6 is 22.9 Å². The molecule has 0 bridgehead atoms. The summed E-state index contributed by atoms with van der Waals surface area (Å²) >= 11 is 6.42. The Labute approximate surface area is 121 Å². The first kappa shape index (κ1) is 14.2. The molecule has 0 radical (unpaired) electrons. The molecule has 0 unspecified atom stereocenters. The van der Waals surface area contributed by atoms with Gasteiger partial charge in [-0.3, -0.25) is 19.7 Å². The van der Waals surface area contributed by atoms with E-state index in [1.807, 2.05) is 0 Å². The summed E-state index contributed by atoms with van der Waals surface area (Å²) in [6, 6.07) is 3.91. The molecule has 0 aliphatic rings. The number of amides is 1. The maximum absolute atomic E-state index is 12.0. The average molecular weight is 314 g/mol. The highest BCUT2D eigenvalue weighted by atomic mass is 35.5. The lowest BCUT2D eigenvalue weighted by Gasteiger charge is -2.05. The first-order valence-electron chi connectivity index (χ1n) is 5.33. The van der Waals surface area contributed by atoms with Crippen molar-refractivity contribution in [3.8, 4) is 0 Å². The van der Waals surface area contributed by atoms with E-state index in [1.54, 1.807) is 6.92 Å². The lowest BCUT2D eigenvalue weighted by Crippen LogP contribution is -2.12. The molecule has 20 heavy (non-hydrogen) atoms. The number of thiazole rings is 1. The molecule has 104 valence electrons. The predicted molar refractivity (Wildman–Crippen MR) is 75.7 cm³/mol. The van der Waals surface area contributed by atoms with Gasteiger partial charge < -0.3 is 10.3 Å². The molecule has 2 rings (SSSR count). The number of benzene rings is 1. The number of nitro benzene ring substituents is 1. The second kappa shape index (κ2) is 5.43. The second-order valence-electron chi connectivity index (χ2n) is 3.84. The molecule has 0 saturated carbocycles. The lowest BCUT2D eigenvalue weighted by atomic mass is 10.2. The molecule has 0 fully saturated rings. The smallest absolute Gasteiger partial charge is 0.305 e. The molecule has 9 heteroatoms. The minimum atomic E-state index is -0.645. The van der Waals surface area contributed by atoms with Crippen LogP contribution in [0.25, 0.3) is 0 Å². The van der Waals surface area contributed by atoms with Crippen molar-refractivity contribution in [2.45, 2.75) is 6.92 Å². The van der Waals surface area contributed by atoms with E-state index < -0.39 is 10.8 Å². The zero-order valence-corrected chi connectivity index (χ0v) is 11.7. The molecular weight excluding hydrogens is 306 g/mol. The third kappa shape index (κ3) is 2.86. The Bertz CT molecular complexity index is 752. The molecule has 1 aromatic carbocycles. The van der Waals surface area contributed by atoms with Crippen molar-refractivity contribution in [2.75, 3.05) is 5.32 Å². The number of nitrogens with one attached hydrogen (secondary N) is 2. The summed E-state index contributed by atoms with van der Waals surface area (Å²) in [5.74, 6) is -0.587. The zero-order chi connectivity index (χ0) is 14.9. The van der Waals surface area contributed by atoms with Gasteiger partial charge in [-0.2, -0.15) is 0 Å². The number of hydrogen-bond donors (Lipinski definition) is 2. The third-order valence-electron chi connectivity index (χ3n) is 2.44. The SMILES string of the molecule is Cc1[nH]c(=O)sc1C(=O)Nc1ccc(Cl)cc1[N+](=O)[O-]. The van der Waals surface area contributed by atoms with E-state index in [9.17, 15) is 19.7 Å². The minimum Gasteiger partial charge on any atom is -0.316 e. The molecule has 1 aromatic heterocycles. The number of anilines is 1. The van der Waals surface area contributed by atoms with Crippen LogP contribution < -0.4 is 10.2 Å². The van der Waals surface area contributed by atoms with Gasteiger partial charge in [0.2, 0.25) is 0 Å². The van der Waals surface area contributed by atoms with Gasteiger partial charge in [0.1, 0.15) is 10.6 Å². The van der Waals surface area contributed by atoms with E-state index in [1.165, 1.54) is 12.1 Å². The molecule has 1 amide bonds. The fourth-order valence-corrected chi connectivity index (χ4v) is 2.47. The van der Waals surface area contributed by atoms with E-state index in [-0.39, 0.29) is 26.1 Å². The standard InChI is InChI=1S/C11H8ClN3O4S/c1-5-9(20-11(17)13-5)10(16)14-7-3-2-6(12)4-8(7)15(18)19/h2-4H,1H3,(H,13,17)(H,14,16). The number of nitrogens with zero attached hydrogens (tertiary/aromatic N) is 1. The van der Waals surface area contributed by atoms with Gasteiger partial charge in [0.25, 0.3) is 11.6 Å². The summed E-state index contributed by atoms with van der Waals surface area (Å²) in [5.41, 5.74) is 0.116. The van der Waals surface area contributed by atoms with Crippen LogP contribution in [-0.4, -0.2) is 15.8 Å². The minimum absolute atomic E-state index is 0.0182. The van der Waals surface area contributed by atoms with Crippen LogP contribution in [0.15, 0.2) is 23.0 Å². The highest BCUT2D eigenvalue weighted by Crippen LogP contribution is 2.28. The van der Waals surface area contributed by atoms with Crippen LogP contribution in [0, 0.1) is 17.0 Å². The Morgan fingerprint density at radius 1 is 1.50 bits per heavy atom. The number of rotatable bonds is 3. The first-order valence-corrected chi connectivity index (χ1v) is 6.53. The van der Waals surface area contributed by atoms with Gasteiger partial charge >= 0.3 is 4.87 Å². The number of aromatic nitrogens is 1. The van der Waals surface area contributed by atoms with Gasteiger partial charge in [-0.15, -0.1) is 0 Å². The van der Waals surface area contributed by atoms with Crippen LogP contribution in [0.1, 0.15) is 15.4 Å². The highest BCUT2D eigenvalue weighted by Gasteiger charge is 2.19. The van der Waals surface area contributed by atoms with E-state index in [2.05, 4.69) is 10.3 Å². The molecule has 0 aliphatic heterocycles. The van der Waals surface area contributed by atoms with Crippen LogP contribution in [0.3, 0.4) is 0 Å². The van der Waals surface area contributed by atoms with Crippen molar-refractivity contribution in [1.29, 1.82) is 0 Å². The van der Waals surface area contributed by atoms with Gasteiger partial charge in [-0.1, -0.05) is 22.9 Å². The Morgan fingerprint density at radius 2 is 2.20 bits per heavy atom. The Balaban J connectivity index is 2.35. The number of carbonyl (C=O) groups is 1. The maximum atomic E-state index is 12.0. The number of aryl methyl sites for hydroxylation is 1. The van der Waals surface area contributed by atoms with Gasteiger partial charge in [-0.05, 0) is 19.1 Å². The molecule has 2 aromatic rings. The molecule has 0 aliphatic carbocycles. The van der Waals surface area contributed by atoms with Crippen LogP contribution in [0.2, 0.25) is 5.02 Å². The lowest BCUT2D eigenvalue weighted by molar-refractivity contribution is -0.383. The fraction of sp³-hybridized carbons (Fsp3) is 0.0909. The zero-order valence-electron chi connectivity index (χ0n) is 10.1. The molecule has 0 saturated heterocycles. The first-order chi connectivity index (χ1) is 9.38. The van der Waals surface area contributed by atoms with Gasteiger partial charge in [0, 0.05) is 16.8 Å². The van der Waals surface area contributed by atoms with Crippen LogP contribution in [-0.2, 0) is 0 Å². The quantitative estimate of drug-likeness (QED) is 0.671. The predicted octanol–water partition coefficient (Wildman–Crippen LogP) is 2.56. The summed E-state index contributed by atoms with van der Waals surface area (Å²) in [4.78, 5) is 35.7. The second-order valence-corrected chi connectivity index (χ2v) is 5.26. The van der Waals surface area contributed by atoms with E-state index >= 15 is 0 Å². The summed E-state index contributed by atoms with van der Waals surface area (Å²) in [6.45, 7) is 1.57. The van der Waals surface area contributed by atoms with E-state index in [0.29, 0.717) is 5.69 Å². The molecule has 1 heterocycles. The highest BCUT2D eigenvalue weighted by molar-refractivity contribution is 7.11. The molecule has 0 spiro atoms. The number of H-pyrrole nitrogens is 1. The topological polar surface area (TPSA) is 105 Å². The Morgan fingerprint density at radius 3 is 2.75 bits per heavy atom. The number of nitro groups is 1. The van der Waals surface area contributed by atoms with Gasteiger partial charge in [0.15, 0.2) is 0 Å². The molecule has 2 N–H and O–H groups in total. The molecule has 0 atom stereocenters. The van der Waals surface area contributed by atoms with Crippen molar-refractivity contribution in [1.82, 2.24) is 4.98 Å². The van der Waals surface area contributed by atoms with E-state index in [0.717, 1.165) is 17.4 Å². The fourth-order valence-electron chi connectivity index (χ4n) is 1.56. The number of carbonyl (C=O) groups excluding carboxylic acids is 1. The van der Waals surface area contributed by atoms with Crippen molar-refractivity contribution in [3.05, 3.63) is 53.6 Å². The average Bonchev–Trinajstić information content (AvgIpc) is 2.70. The van der Waals surface area contributed by atoms with Gasteiger partial charge in [0.05, 0.1) is 4.92 Å². The summed E-state index contributed by atoms with van der Waals surface area (Å²) < 4.78 is 0. The summed E-state index contributed by atoms with van der Waals surface area (Å²) in [6.07, 6.45) is 0. The largest absolute Gasteiger partial charge is 0.316 e. The van der Waals surface area contributed by atoms with Crippen LogP contribution in [0.4, 0.5) is 11.4 Å². The summed E-state index contributed by atoms with van der Waals surface area (Å²) in [5, 5.41) is 13.5. The Hall–Kier alpha value is -2.19. The maximum Gasteiger partial charge on any atom is 0.305 e. The third-order valence-corrected chi connectivity index (χ3v) is 3.65. The molecule has 7 nitrogen and oxygen atoms in total. The van der Waals surface area contributed by atoms with Gasteiger partial charge in [-0.25, -0.2) is 0 Å². The van der Waals surface area contributed by atoms with E-state index in [4.69, 9.17) is 11.6 Å². The van der Waals surface area contributed by atoms with Crippen molar-refractivity contribution in [2.24, 2.45) is 0 Å².